The number of anilines is 1. The normalized spacial score (nSPS) is 15.4. The topological polar surface area (TPSA) is 67.9 Å². The average Bonchev–Trinajstić information content (AvgIpc) is 2.75. The first-order chi connectivity index (χ1) is 13.6. The number of para-hydroxylation sites is 2. The molecule has 1 N–H and O–H groups in total. The van der Waals surface area contributed by atoms with Gasteiger partial charge in [0.2, 0.25) is 0 Å². The van der Waals surface area contributed by atoms with Gasteiger partial charge in [0.05, 0.1) is 12.2 Å². The van der Waals surface area contributed by atoms with Crippen LogP contribution >= 0.6 is 0 Å². The highest BCUT2D eigenvalue weighted by atomic mass is 16.5. The summed E-state index contributed by atoms with van der Waals surface area (Å²) in [5, 5.41) is 2.83. The summed E-state index contributed by atoms with van der Waals surface area (Å²) < 4.78 is 11.5. The molecule has 0 saturated heterocycles. The van der Waals surface area contributed by atoms with E-state index in [2.05, 4.69) is 12.2 Å². The molecule has 0 aromatic heterocycles. The Morgan fingerprint density at radius 1 is 1.14 bits per heavy atom. The van der Waals surface area contributed by atoms with Crippen molar-refractivity contribution in [3.63, 3.8) is 0 Å². The summed E-state index contributed by atoms with van der Waals surface area (Å²) >= 11 is 0. The predicted molar refractivity (Wildman–Crippen MR) is 108 cm³/mol. The highest BCUT2D eigenvalue weighted by molar-refractivity contribution is 5.98. The molecule has 0 bridgehead atoms. The van der Waals surface area contributed by atoms with Crippen LogP contribution in [0, 0.1) is 0 Å². The number of amides is 2. The number of hydrogen-bond donors (Lipinski definition) is 1. The zero-order chi connectivity index (χ0) is 19.9. The SMILES string of the molecule is CCCNC(=O)[C@@H]1CN(C(=O)COc2ccc(CC)cc2)c2ccccc2O1. The van der Waals surface area contributed by atoms with E-state index in [0.717, 1.165) is 12.8 Å². The third-order valence-electron chi connectivity index (χ3n) is 4.61. The lowest BCUT2D eigenvalue weighted by molar-refractivity contribution is -0.128. The Morgan fingerprint density at radius 2 is 1.89 bits per heavy atom. The first kappa shape index (κ1) is 19.7. The fraction of sp³-hybridized carbons (Fsp3) is 0.364. The van der Waals surface area contributed by atoms with Crippen LogP contribution in [-0.4, -0.2) is 37.6 Å². The summed E-state index contributed by atoms with van der Waals surface area (Å²) in [5.41, 5.74) is 1.86. The Bertz CT molecular complexity index is 820. The van der Waals surface area contributed by atoms with Gasteiger partial charge in [-0.25, -0.2) is 0 Å². The highest BCUT2D eigenvalue weighted by Gasteiger charge is 2.33. The van der Waals surface area contributed by atoms with Crippen molar-refractivity contribution in [3.8, 4) is 11.5 Å². The Morgan fingerprint density at radius 3 is 2.61 bits per heavy atom. The van der Waals surface area contributed by atoms with Crippen molar-refractivity contribution >= 4 is 17.5 Å². The molecule has 1 aliphatic rings. The fourth-order valence-electron chi connectivity index (χ4n) is 3.01. The van der Waals surface area contributed by atoms with Crippen LogP contribution in [0.25, 0.3) is 0 Å². The van der Waals surface area contributed by atoms with E-state index in [0.29, 0.717) is 23.7 Å². The van der Waals surface area contributed by atoms with Gasteiger partial charge < -0.3 is 19.7 Å². The minimum atomic E-state index is -0.741. The first-order valence-corrected chi connectivity index (χ1v) is 9.67. The zero-order valence-corrected chi connectivity index (χ0v) is 16.3. The molecule has 1 aliphatic heterocycles. The number of nitrogens with zero attached hydrogens (tertiary/aromatic N) is 1. The van der Waals surface area contributed by atoms with Crippen molar-refractivity contribution in [1.82, 2.24) is 5.32 Å². The van der Waals surface area contributed by atoms with Gasteiger partial charge in [-0.05, 0) is 42.7 Å². The van der Waals surface area contributed by atoms with Crippen LogP contribution < -0.4 is 19.7 Å². The van der Waals surface area contributed by atoms with E-state index < -0.39 is 6.10 Å². The van der Waals surface area contributed by atoms with Gasteiger partial charge in [0.25, 0.3) is 11.8 Å². The van der Waals surface area contributed by atoms with Crippen molar-refractivity contribution in [2.75, 3.05) is 24.6 Å². The highest BCUT2D eigenvalue weighted by Crippen LogP contribution is 2.33. The van der Waals surface area contributed by atoms with Crippen molar-refractivity contribution in [2.24, 2.45) is 0 Å². The van der Waals surface area contributed by atoms with Gasteiger partial charge in [-0.15, -0.1) is 0 Å². The molecule has 0 spiro atoms. The molecule has 1 atom stereocenters. The summed E-state index contributed by atoms with van der Waals surface area (Å²) in [6.45, 7) is 4.69. The summed E-state index contributed by atoms with van der Waals surface area (Å²) in [7, 11) is 0. The molecular weight excluding hydrogens is 356 g/mol. The van der Waals surface area contributed by atoms with Crippen LogP contribution in [0.5, 0.6) is 11.5 Å². The van der Waals surface area contributed by atoms with Gasteiger partial charge >= 0.3 is 0 Å². The van der Waals surface area contributed by atoms with Crippen molar-refractivity contribution in [2.45, 2.75) is 32.8 Å². The molecule has 2 aromatic rings. The first-order valence-electron chi connectivity index (χ1n) is 9.67. The number of aryl methyl sites for hydroxylation is 1. The molecule has 28 heavy (non-hydrogen) atoms. The third-order valence-corrected chi connectivity index (χ3v) is 4.61. The maximum atomic E-state index is 12.9. The zero-order valence-electron chi connectivity index (χ0n) is 16.3. The number of rotatable bonds is 7. The Labute approximate surface area is 165 Å². The van der Waals surface area contributed by atoms with Gasteiger partial charge in [-0.3, -0.25) is 9.59 Å². The standard InChI is InChI=1S/C22H26N2O4/c1-3-13-23-22(26)20-14-24(18-7-5-6-8-19(18)28-20)21(25)15-27-17-11-9-16(4-2)10-12-17/h5-12,20H,3-4,13-15H2,1-2H3,(H,23,26)/t20-/m0/s1. The summed E-state index contributed by atoms with van der Waals surface area (Å²) in [5.74, 6) is 0.726. The lowest BCUT2D eigenvalue weighted by Crippen LogP contribution is -2.51. The minimum absolute atomic E-state index is 0.108. The second kappa shape index (κ2) is 9.26. The minimum Gasteiger partial charge on any atom is -0.484 e. The van der Waals surface area contributed by atoms with E-state index in [4.69, 9.17) is 9.47 Å². The number of fused-ring (bicyclic) bond motifs is 1. The van der Waals surface area contributed by atoms with Gasteiger partial charge in [0.15, 0.2) is 12.7 Å². The lowest BCUT2D eigenvalue weighted by atomic mass is 10.1. The Balaban J connectivity index is 1.70. The lowest BCUT2D eigenvalue weighted by Gasteiger charge is -2.34. The van der Waals surface area contributed by atoms with Crippen LogP contribution in [0.2, 0.25) is 0 Å². The van der Waals surface area contributed by atoms with E-state index in [-0.39, 0.29) is 25.0 Å². The molecule has 0 saturated carbocycles. The average molecular weight is 382 g/mol. The molecular formula is C22H26N2O4. The number of ether oxygens (including phenoxy) is 2. The van der Waals surface area contributed by atoms with Gasteiger partial charge in [-0.2, -0.15) is 0 Å². The summed E-state index contributed by atoms with van der Waals surface area (Å²) in [6.07, 6.45) is 1.04. The molecule has 3 rings (SSSR count). The Hall–Kier alpha value is -3.02. The van der Waals surface area contributed by atoms with Gasteiger partial charge in [0.1, 0.15) is 11.5 Å². The van der Waals surface area contributed by atoms with Crippen LogP contribution in [-0.2, 0) is 16.0 Å². The molecule has 148 valence electrons. The molecule has 2 aromatic carbocycles. The second-order valence-corrected chi connectivity index (χ2v) is 6.66. The maximum absolute atomic E-state index is 12.9. The maximum Gasteiger partial charge on any atom is 0.265 e. The molecule has 0 unspecified atom stereocenters. The van der Waals surface area contributed by atoms with Crippen molar-refractivity contribution in [1.29, 1.82) is 0 Å². The molecule has 6 heteroatoms. The van der Waals surface area contributed by atoms with Gasteiger partial charge in [0, 0.05) is 6.54 Å². The largest absolute Gasteiger partial charge is 0.484 e. The summed E-state index contributed by atoms with van der Waals surface area (Å²) in [4.78, 5) is 26.8. The predicted octanol–water partition coefficient (Wildman–Crippen LogP) is 2.95. The molecule has 0 radical (unpaired) electrons. The molecule has 1 heterocycles. The van der Waals surface area contributed by atoms with E-state index >= 15 is 0 Å². The third kappa shape index (κ3) is 4.63. The smallest absolute Gasteiger partial charge is 0.265 e. The molecule has 6 nitrogen and oxygen atoms in total. The Kier molecular flexibility index (Phi) is 6.53. The molecule has 0 fully saturated rings. The van der Waals surface area contributed by atoms with Crippen molar-refractivity contribution in [3.05, 3.63) is 54.1 Å². The second-order valence-electron chi connectivity index (χ2n) is 6.66. The van der Waals surface area contributed by atoms with Gasteiger partial charge in [-0.1, -0.05) is 38.1 Å². The van der Waals surface area contributed by atoms with E-state index in [9.17, 15) is 9.59 Å². The number of benzene rings is 2. The van der Waals surface area contributed by atoms with E-state index in [1.807, 2.05) is 49.4 Å². The number of carbonyl (C=O) groups is 2. The molecule has 2 amide bonds. The quantitative estimate of drug-likeness (QED) is 0.799. The summed E-state index contributed by atoms with van der Waals surface area (Å²) in [6, 6.07) is 14.9. The fourth-order valence-corrected chi connectivity index (χ4v) is 3.01. The van der Waals surface area contributed by atoms with Crippen LogP contribution in [0.4, 0.5) is 5.69 Å². The number of carbonyl (C=O) groups excluding carboxylic acids is 2. The molecule has 0 aliphatic carbocycles. The van der Waals surface area contributed by atoms with Crippen LogP contribution in [0.15, 0.2) is 48.5 Å². The van der Waals surface area contributed by atoms with Crippen LogP contribution in [0.1, 0.15) is 25.8 Å². The van der Waals surface area contributed by atoms with Crippen LogP contribution in [0.3, 0.4) is 0 Å². The van der Waals surface area contributed by atoms with Crippen molar-refractivity contribution < 1.29 is 19.1 Å². The van der Waals surface area contributed by atoms with E-state index in [1.54, 1.807) is 11.0 Å². The van der Waals surface area contributed by atoms with E-state index in [1.165, 1.54) is 5.56 Å². The number of nitrogens with one attached hydrogen (secondary N) is 1. The number of hydrogen-bond acceptors (Lipinski definition) is 4. The monoisotopic (exact) mass is 382 g/mol.